The van der Waals surface area contributed by atoms with Crippen molar-refractivity contribution in [2.75, 3.05) is 0 Å². The maximum atomic E-state index is 11.6. The molecule has 1 aromatic rings. The maximum Gasteiger partial charge on any atom is 0.227 e. The number of hydrogen-bond donors (Lipinski definition) is 0. The molecule has 1 aliphatic rings. The van der Waals surface area contributed by atoms with Crippen LogP contribution in [0.1, 0.15) is 34.2 Å². The van der Waals surface area contributed by atoms with Gasteiger partial charge >= 0.3 is 0 Å². The molecule has 0 amide bonds. The van der Waals surface area contributed by atoms with E-state index < -0.39 is 0 Å². The minimum atomic E-state index is -0.0495. The van der Waals surface area contributed by atoms with E-state index in [1.807, 2.05) is 0 Å². The monoisotopic (exact) mass is 189 g/mol. The average molecular weight is 189 g/mol. The Hall–Kier alpha value is -1.64. The highest BCUT2D eigenvalue weighted by atomic mass is 16.2. The first-order valence-corrected chi connectivity index (χ1v) is 4.55. The molecule has 0 spiro atoms. The zero-order valence-corrected chi connectivity index (χ0v) is 8.04. The van der Waals surface area contributed by atoms with Gasteiger partial charge in [-0.3, -0.25) is 14.2 Å². The van der Waals surface area contributed by atoms with E-state index in [4.69, 9.17) is 0 Å². The van der Waals surface area contributed by atoms with Crippen LogP contribution in [-0.2, 0) is 6.42 Å². The summed E-state index contributed by atoms with van der Waals surface area (Å²) in [4.78, 5) is 22.8. The lowest BCUT2D eigenvalue weighted by Gasteiger charge is -2.14. The van der Waals surface area contributed by atoms with Gasteiger partial charge in [0.1, 0.15) is 0 Å². The van der Waals surface area contributed by atoms with Crippen molar-refractivity contribution in [3.05, 3.63) is 35.7 Å². The fraction of sp³-hybridized carbons (Fsp3) is 0.273. The lowest BCUT2D eigenvalue weighted by Crippen LogP contribution is -2.17. The summed E-state index contributed by atoms with van der Waals surface area (Å²) in [7, 11) is 0. The van der Waals surface area contributed by atoms with Gasteiger partial charge in [-0.25, -0.2) is 0 Å². The van der Waals surface area contributed by atoms with Crippen molar-refractivity contribution in [2.24, 2.45) is 0 Å². The highest BCUT2D eigenvalue weighted by molar-refractivity contribution is 6.10. The maximum absolute atomic E-state index is 11.6. The number of hydrogen-bond acceptors (Lipinski definition) is 2. The van der Waals surface area contributed by atoms with Crippen LogP contribution in [0.5, 0.6) is 0 Å². The Bertz CT molecular complexity index is 440. The van der Waals surface area contributed by atoms with Crippen LogP contribution >= 0.6 is 0 Å². The molecule has 0 bridgehead atoms. The normalized spacial score (nSPS) is 15.5. The predicted octanol–water partition coefficient (Wildman–Crippen LogP) is 1.83. The van der Waals surface area contributed by atoms with Crippen molar-refractivity contribution in [3.8, 4) is 0 Å². The first-order valence-electron chi connectivity index (χ1n) is 4.55. The average Bonchev–Trinajstić information content (AvgIpc) is 2.55. The third kappa shape index (κ3) is 1.13. The largest absolute Gasteiger partial charge is 0.291 e. The summed E-state index contributed by atoms with van der Waals surface area (Å²) in [5.74, 6) is -0.0715. The Kier molecular flexibility index (Phi) is 1.88. The molecule has 0 saturated carbocycles. The lowest BCUT2D eigenvalue weighted by molar-refractivity contribution is 0.0933. The third-order valence-corrected chi connectivity index (χ3v) is 2.56. The number of fused-ring (bicyclic) bond motifs is 1. The molecule has 72 valence electrons. The Labute approximate surface area is 82.0 Å². The summed E-state index contributed by atoms with van der Waals surface area (Å²) in [5, 5.41) is 0. The number of carbonyl (C=O) groups excluding carboxylic acids is 2. The van der Waals surface area contributed by atoms with E-state index in [2.05, 4.69) is 6.58 Å². The topological polar surface area (TPSA) is 39.1 Å². The summed E-state index contributed by atoms with van der Waals surface area (Å²) in [6.45, 7) is 5.20. The molecule has 0 unspecified atom stereocenters. The van der Waals surface area contributed by atoms with Gasteiger partial charge in [0.2, 0.25) is 5.91 Å². The van der Waals surface area contributed by atoms with Crippen LogP contribution < -0.4 is 0 Å². The molecule has 3 nitrogen and oxygen atoms in total. The van der Waals surface area contributed by atoms with Gasteiger partial charge in [-0.05, 0) is 24.5 Å². The first kappa shape index (κ1) is 8.94. The van der Waals surface area contributed by atoms with Crippen LogP contribution in [0.3, 0.4) is 0 Å². The van der Waals surface area contributed by atoms with Crippen LogP contribution in [0.15, 0.2) is 24.4 Å². The zero-order chi connectivity index (χ0) is 10.3. The van der Waals surface area contributed by atoms with Crippen molar-refractivity contribution in [3.63, 3.8) is 0 Å². The minimum Gasteiger partial charge on any atom is -0.291 e. The Morgan fingerprint density at radius 3 is 2.86 bits per heavy atom. The van der Waals surface area contributed by atoms with Crippen molar-refractivity contribution in [2.45, 2.75) is 19.8 Å². The SMILES string of the molecule is C=C1CCc2c(ccn2C(C)=O)C1=O. The van der Waals surface area contributed by atoms with Gasteiger partial charge in [-0.2, -0.15) is 0 Å². The second-order valence-electron chi connectivity index (χ2n) is 3.50. The van der Waals surface area contributed by atoms with Crippen LogP contribution in [0.2, 0.25) is 0 Å². The molecule has 0 aliphatic heterocycles. The molecule has 0 saturated heterocycles. The molecule has 0 N–H and O–H groups in total. The highest BCUT2D eigenvalue weighted by Gasteiger charge is 2.24. The van der Waals surface area contributed by atoms with E-state index in [1.54, 1.807) is 16.8 Å². The van der Waals surface area contributed by atoms with E-state index in [-0.39, 0.29) is 11.7 Å². The van der Waals surface area contributed by atoms with Crippen LogP contribution in [-0.4, -0.2) is 16.3 Å². The highest BCUT2D eigenvalue weighted by Crippen LogP contribution is 2.24. The molecule has 1 heterocycles. The van der Waals surface area contributed by atoms with Gasteiger partial charge in [-0.15, -0.1) is 0 Å². The molecule has 2 rings (SSSR count). The fourth-order valence-corrected chi connectivity index (χ4v) is 1.80. The Morgan fingerprint density at radius 1 is 1.50 bits per heavy atom. The number of carbonyl (C=O) groups is 2. The van der Waals surface area contributed by atoms with E-state index >= 15 is 0 Å². The lowest BCUT2D eigenvalue weighted by atomic mass is 9.93. The number of nitrogens with zero attached hydrogens (tertiary/aromatic N) is 1. The van der Waals surface area contributed by atoms with E-state index in [0.717, 1.165) is 12.1 Å². The number of aromatic nitrogens is 1. The second-order valence-corrected chi connectivity index (χ2v) is 3.50. The van der Waals surface area contributed by atoms with E-state index in [0.29, 0.717) is 17.6 Å². The summed E-state index contributed by atoms with van der Waals surface area (Å²) in [6, 6.07) is 1.70. The molecule has 3 heteroatoms. The van der Waals surface area contributed by atoms with Gasteiger partial charge in [-0.1, -0.05) is 6.58 Å². The summed E-state index contributed by atoms with van der Waals surface area (Å²) in [6.07, 6.45) is 3.04. The third-order valence-electron chi connectivity index (χ3n) is 2.56. The molecule has 1 aliphatic carbocycles. The zero-order valence-electron chi connectivity index (χ0n) is 8.04. The summed E-state index contributed by atoms with van der Waals surface area (Å²) in [5.41, 5.74) is 2.10. The summed E-state index contributed by atoms with van der Waals surface area (Å²) < 4.78 is 1.54. The Balaban J connectivity index is 2.56. The molecule has 0 radical (unpaired) electrons. The Morgan fingerprint density at radius 2 is 2.21 bits per heavy atom. The quantitative estimate of drug-likeness (QED) is 0.584. The number of Topliss-reactive ketones (excluding diaryl/α,β-unsaturated/α-hetero) is 1. The number of rotatable bonds is 0. The molecule has 1 aromatic heterocycles. The summed E-state index contributed by atoms with van der Waals surface area (Å²) >= 11 is 0. The van der Waals surface area contributed by atoms with Crippen molar-refractivity contribution in [1.82, 2.24) is 4.57 Å². The smallest absolute Gasteiger partial charge is 0.227 e. The van der Waals surface area contributed by atoms with Gasteiger partial charge in [0.05, 0.1) is 0 Å². The van der Waals surface area contributed by atoms with Gasteiger partial charge < -0.3 is 0 Å². The van der Waals surface area contributed by atoms with Gasteiger partial charge in [0.15, 0.2) is 5.78 Å². The van der Waals surface area contributed by atoms with E-state index in [9.17, 15) is 9.59 Å². The van der Waals surface area contributed by atoms with Crippen molar-refractivity contribution >= 4 is 11.7 Å². The van der Waals surface area contributed by atoms with Crippen molar-refractivity contribution in [1.29, 1.82) is 0 Å². The van der Waals surface area contributed by atoms with Crippen LogP contribution in [0, 0.1) is 0 Å². The standard InChI is InChI=1S/C11H11NO2/c1-7-3-4-10-9(11(7)14)5-6-12(10)8(2)13/h5-6H,1,3-4H2,2H3. The first-order chi connectivity index (χ1) is 6.61. The van der Waals surface area contributed by atoms with Gasteiger partial charge in [0.25, 0.3) is 0 Å². The number of ketones is 1. The van der Waals surface area contributed by atoms with Crippen molar-refractivity contribution < 1.29 is 9.59 Å². The molecule has 0 aromatic carbocycles. The van der Waals surface area contributed by atoms with E-state index in [1.165, 1.54) is 6.92 Å². The number of allylic oxidation sites excluding steroid dienone is 1. The molecule has 0 atom stereocenters. The second kappa shape index (κ2) is 2.94. The predicted molar refractivity (Wildman–Crippen MR) is 52.5 cm³/mol. The van der Waals surface area contributed by atoms with Gasteiger partial charge in [0, 0.05) is 24.4 Å². The fourth-order valence-electron chi connectivity index (χ4n) is 1.80. The van der Waals surface area contributed by atoms with Crippen LogP contribution in [0.4, 0.5) is 0 Å². The molecule has 14 heavy (non-hydrogen) atoms. The minimum absolute atomic E-state index is 0.0220. The molecule has 0 fully saturated rings. The molecular formula is C11H11NO2. The van der Waals surface area contributed by atoms with Crippen LogP contribution in [0.25, 0.3) is 0 Å². The molecular weight excluding hydrogens is 178 g/mol.